The maximum atomic E-state index is 12.1. The van der Waals surface area contributed by atoms with E-state index in [9.17, 15) is 9.90 Å². The van der Waals surface area contributed by atoms with E-state index < -0.39 is 0 Å². The molecule has 1 aliphatic heterocycles. The van der Waals surface area contributed by atoms with Crippen LogP contribution in [0.2, 0.25) is 0 Å². The van der Waals surface area contributed by atoms with E-state index in [1.165, 1.54) is 17.5 Å². The van der Waals surface area contributed by atoms with Gasteiger partial charge in [-0.25, -0.2) is 0 Å². The fourth-order valence-corrected chi connectivity index (χ4v) is 3.23. The molecule has 0 radical (unpaired) electrons. The molecule has 1 unspecified atom stereocenters. The monoisotopic (exact) mass is 274 g/mol. The number of β-amino-alcohol motifs (C(OH)–C–C–N with tert-alkyl or cyclic N) is 1. The Morgan fingerprint density at radius 1 is 1.30 bits per heavy atom. The molecule has 1 fully saturated rings. The molecule has 3 rings (SSSR count). The van der Waals surface area contributed by atoms with Gasteiger partial charge in [0.25, 0.3) is 0 Å². The number of carbonyl (C=O) groups is 1. The first-order chi connectivity index (χ1) is 9.70. The summed E-state index contributed by atoms with van der Waals surface area (Å²) in [5, 5.41) is 12.6. The number of amides is 1. The predicted octanol–water partition coefficient (Wildman–Crippen LogP) is 1.57. The summed E-state index contributed by atoms with van der Waals surface area (Å²) in [7, 11) is 0. The van der Waals surface area contributed by atoms with Crippen molar-refractivity contribution in [3.8, 4) is 0 Å². The van der Waals surface area contributed by atoms with E-state index in [-0.39, 0.29) is 12.0 Å². The molecule has 20 heavy (non-hydrogen) atoms. The minimum atomic E-state index is -0.281. The van der Waals surface area contributed by atoms with Crippen LogP contribution in [0.4, 0.5) is 5.69 Å². The summed E-state index contributed by atoms with van der Waals surface area (Å²) in [5.74, 6) is 0.0112. The number of aliphatic hydroxyl groups excluding tert-OH is 1. The SMILES string of the molecule is O=C(CN1CCCC(O)C1)Nc1ccc2c(c1)CCC2. The number of hydrogen-bond acceptors (Lipinski definition) is 3. The highest BCUT2D eigenvalue weighted by Gasteiger charge is 2.20. The Morgan fingerprint density at radius 3 is 3.00 bits per heavy atom. The van der Waals surface area contributed by atoms with Gasteiger partial charge in [0.2, 0.25) is 5.91 Å². The lowest BCUT2D eigenvalue weighted by molar-refractivity contribution is -0.118. The molecule has 4 heteroatoms. The maximum Gasteiger partial charge on any atom is 0.238 e. The number of hydrogen-bond donors (Lipinski definition) is 2. The Kier molecular flexibility index (Phi) is 4.03. The van der Waals surface area contributed by atoms with Crippen LogP contribution in [0, 0.1) is 0 Å². The summed E-state index contributed by atoms with van der Waals surface area (Å²) in [6.45, 7) is 1.88. The fourth-order valence-electron chi connectivity index (χ4n) is 3.23. The summed E-state index contributed by atoms with van der Waals surface area (Å²) >= 11 is 0. The van der Waals surface area contributed by atoms with Crippen LogP contribution in [-0.2, 0) is 17.6 Å². The van der Waals surface area contributed by atoms with Crippen LogP contribution < -0.4 is 5.32 Å². The summed E-state index contributed by atoms with van der Waals surface area (Å²) in [6.07, 6.45) is 5.04. The van der Waals surface area contributed by atoms with Gasteiger partial charge in [0.05, 0.1) is 12.6 Å². The average molecular weight is 274 g/mol. The van der Waals surface area contributed by atoms with Crippen LogP contribution in [0.5, 0.6) is 0 Å². The number of piperidine rings is 1. The van der Waals surface area contributed by atoms with Crippen LogP contribution in [0.15, 0.2) is 18.2 Å². The number of likely N-dealkylation sites (tertiary alicyclic amines) is 1. The Balaban J connectivity index is 1.56. The van der Waals surface area contributed by atoms with Crippen LogP contribution in [0.3, 0.4) is 0 Å². The standard InChI is InChI=1S/C16H22N2O2/c19-15-5-2-8-18(10-15)11-16(20)17-14-7-6-12-3-1-4-13(12)9-14/h6-7,9,15,19H,1-5,8,10-11H2,(H,17,20). The van der Waals surface area contributed by atoms with E-state index >= 15 is 0 Å². The number of benzene rings is 1. The van der Waals surface area contributed by atoms with E-state index in [1.807, 2.05) is 11.0 Å². The lowest BCUT2D eigenvalue weighted by Crippen LogP contribution is -2.42. The number of anilines is 1. The molecule has 1 aliphatic carbocycles. The van der Waals surface area contributed by atoms with E-state index in [0.29, 0.717) is 13.1 Å². The topological polar surface area (TPSA) is 52.6 Å². The summed E-state index contributed by atoms with van der Waals surface area (Å²) in [6, 6.07) is 6.22. The lowest BCUT2D eigenvalue weighted by atomic mass is 10.1. The highest BCUT2D eigenvalue weighted by molar-refractivity contribution is 5.92. The van der Waals surface area contributed by atoms with Crippen LogP contribution in [0.25, 0.3) is 0 Å². The summed E-state index contributed by atoms with van der Waals surface area (Å²) in [5.41, 5.74) is 3.69. The van der Waals surface area contributed by atoms with Gasteiger partial charge in [0, 0.05) is 12.2 Å². The van der Waals surface area contributed by atoms with Crippen molar-refractivity contribution in [2.45, 2.75) is 38.2 Å². The predicted molar refractivity (Wildman–Crippen MR) is 78.8 cm³/mol. The van der Waals surface area contributed by atoms with Gasteiger partial charge in [0.1, 0.15) is 0 Å². The van der Waals surface area contributed by atoms with Crippen molar-refractivity contribution in [1.82, 2.24) is 4.90 Å². The molecule has 1 aromatic rings. The van der Waals surface area contributed by atoms with Gasteiger partial charge >= 0.3 is 0 Å². The second kappa shape index (κ2) is 5.94. The molecule has 0 spiro atoms. The maximum absolute atomic E-state index is 12.1. The van der Waals surface area contributed by atoms with Crippen molar-refractivity contribution in [2.24, 2.45) is 0 Å². The van der Waals surface area contributed by atoms with Crippen LogP contribution in [0.1, 0.15) is 30.4 Å². The highest BCUT2D eigenvalue weighted by Crippen LogP contribution is 2.24. The molecule has 1 atom stereocenters. The van der Waals surface area contributed by atoms with Crippen LogP contribution >= 0.6 is 0 Å². The van der Waals surface area contributed by atoms with Gasteiger partial charge in [-0.1, -0.05) is 6.07 Å². The molecule has 1 aromatic carbocycles. The first-order valence-electron chi connectivity index (χ1n) is 7.53. The molecule has 0 saturated carbocycles. The Hall–Kier alpha value is -1.39. The van der Waals surface area contributed by atoms with E-state index in [0.717, 1.165) is 37.9 Å². The molecular formula is C16H22N2O2. The number of nitrogens with one attached hydrogen (secondary N) is 1. The van der Waals surface area contributed by atoms with E-state index in [2.05, 4.69) is 17.4 Å². The normalized spacial score (nSPS) is 22.6. The van der Waals surface area contributed by atoms with Gasteiger partial charge in [-0.05, 0) is 61.9 Å². The van der Waals surface area contributed by atoms with Gasteiger partial charge in [-0.2, -0.15) is 0 Å². The van der Waals surface area contributed by atoms with Gasteiger partial charge in [-0.3, -0.25) is 9.69 Å². The third-order valence-electron chi connectivity index (χ3n) is 4.23. The van der Waals surface area contributed by atoms with Crippen molar-refractivity contribution < 1.29 is 9.90 Å². The molecule has 0 bridgehead atoms. The minimum Gasteiger partial charge on any atom is -0.392 e. The molecule has 108 valence electrons. The summed E-state index contributed by atoms with van der Waals surface area (Å²) in [4.78, 5) is 14.1. The number of carbonyl (C=O) groups excluding carboxylic acids is 1. The van der Waals surface area contributed by atoms with Crippen molar-refractivity contribution in [1.29, 1.82) is 0 Å². The molecule has 2 aliphatic rings. The Morgan fingerprint density at radius 2 is 2.15 bits per heavy atom. The first-order valence-corrected chi connectivity index (χ1v) is 7.53. The zero-order chi connectivity index (χ0) is 13.9. The van der Waals surface area contributed by atoms with Crippen molar-refractivity contribution in [3.05, 3.63) is 29.3 Å². The van der Waals surface area contributed by atoms with Gasteiger partial charge in [-0.15, -0.1) is 0 Å². The van der Waals surface area contributed by atoms with Crippen molar-refractivity contribution in [2.75, 3.05) is 25.0 Å². The number of aryl methyl sites for hydroxylation is 2. The minimum absolute atomic E-state index is 0.0112. The van der Waals surface area contributed by atoms with Crippen molar-refractivity contribution in [3.63, 3.8) is 0 Å². The molecule has 1 heterocycles. The number of nitrogens with zero attached hydrogens (tertiary/aromatic N) is 1. The molecule has 2 N–H and O–H groups in total. The fraction of sp³-hybridized carbons (Fsp3) is 0.562. The number of rotatable bonds is 3. The zero-order valence-electron chi connectivity index (χ0n) is 11.8. The first kappa shape index (κ1) is 13.6. The molecule has 4 nitrogen and oxygen atoms in total. The van der Waals surface area contributed by atoms with Crippen LogP contribution in [-0.4, -0.2) is 41.7 Å². The number of fused-ring (bicyclic) bond motifs is 1. The second-order valence-electron chi connectivity index (χ2n) is 5.92. The third-order valence-corrected chi connectivity index (χ3v) is 4.23. The number of aliphatic hydroxyl groups is 1. The Labute approximate surface area is 119 Å². The lowest BCUT2D eigenvalue weighted by Gasteiger charge is -2.29. The second-order valence-corrected chi connectivity index (χ2v) is 5.92. The molecular weight excluding hydrogens is 252 g/mol. The van der Waals surface area contributed by atoms with E-state index in [4.69, 9.17) is 0 Å². The zero-order valence-corrected chi connectivity index (χ0v) is 11.8. The van der Waals surface area contributed by atoms with Crippen molar-refractivity contribution >= 4 is 11.6 Å². The third kappa shape index (κ3) is 3.19. The largest absolute Gasteiger partial charge is 0.392 e. The quantitative estimate of drug-likeness (QED) is 0.879. The highest BCUT2D eigenvalue weighted by atomic mass is 16.3. The summed E-state index contributed by atoms with van der Waals surface area (Å²) < 4.78 is 0. The van der Waals surface area contributed by atoms with Gasteiger partial charge < -0.3 is 10.4 Å². The molecule has 1 amide bonds. The molecule has 1 saturated heterocycles. The van der Waals surface area contributed by atoms with Gasteiger partial charge in [0.15, 0.2) is 0 Å². The molecule has 0 aromatic heterocycles. The average Bonchev–Trinajstić information content (AvgIpc) is 2.86. The van der Waals surface area contributed by atoms with E-state index in [1.54, 1.807) is 0 Å². The Bertz CT molecular complexity index is 501. The smallest absolute Gasteiger partial charge is 0.238 e.